The first-order chi connectivity index (χ1) is 8.63. The number of amides is 1. The Morgan fingerprint density at radius 1 is 1.28 bits per heavy atom. The molecule has 1 aliphatic rings. The van der Waals surface area contributed by atoms with Crippen LogP contribution in [-0.2, 0) is 9.53 Å². The first-order valence-corrected chi connectivity index (χ1v) is 7.12. The van der Waals surface area contributed by atoms with Gasteiger partial charge in [0, 0.05) is 32.7 Å². The van der Waals surface area contributed by atoms with E-state index in [2.05, 4.69) is 24.5 Å². The van der Waals surface area contributed by atoms with Crippen LogP contribution in [-0.4, -0.2) is 38.8 Å². The van der Waals surface area contributed by atoms with Crippen LogP contribution in [0.2, 0.25) is 0 Å². The van der Waals surface area contributed by atoms with Crippen molar-refractivity contribution in [3.8, 4) is 0 Å². The third kappa shape index (κ3) is 5.83. The Balaban J connectivity index is 2.08. The first-order valence-electron chi connectivity index (χ1n) is 7.12. The topological polar surface area (TPSA) is 50.4 Å². The highest BCUT2D eigenvalue weighted by Gasteiger charge is 2.24. The largest absolute Gasteiger partial charge is 0.383 e. The molecule has 0 aromatic rings. The van der Waals surface area contributed by atoms with E-state index in [1.165, 1.54) is 19.3 Å². The molecule has 4 heteroatoms. The van der Waals surface area contributed by atoms with Gasteiger partial charge in [-0.3, -0.25) is 4.79 Å². The van der Waals surface area contributed by atoms with Crippen LogP contribution >= 0.6 is 0 Å². The molecule has 1 amide bonds. The number of rotatable bonds is 7. The van der Waals surface area contributed by atoms with E-state index in [-0.39, 0.29) is 5.91 Å². The maximum atomic E-state index is 11.5. The maximum absolute atomic E-state index is 11.5. The average Bonchev–Trinajstić information content (AvgIpc) is 2.32. The number of ether oxygens (including phenoxy) is 1. The van der Waals surface area contributed by atoms with Gasteiger partial charge in [0.05, 0.1) is 6.61 Å². The molecule has 0 heterocycles. The molecular formula is C14H28N2O2. The molecule has 18 heavy (non-hydrogen) atoms. The van der Waals surface area contributed by atoms with E-state index >= 15 is 0 Å². The van der Waals surface area contributed by atoms with Crippen molar-refractivity contribution >= 4 is 5.91 Å². The summed E-state index contributed by atoms with van der Waals surface area (Å²) in [5.74, 6) is 1.69. The van der Waals surface area contributed by atoms with Crippen molar-refractivity contribution in [2.45, 2.75) is 45.6 Å². The Morgan fingerprint density at radius 2 is 2.06 bits per heavy atom. The van der Waals surface area contributed by atoms with Crippen LogP contribution < -0.4 is 10.6 Å². The van der Waals surface area contributed by atoms with Crippen molar-refractivity contribution in [2.24, 2.45) is 11.8 Å². The van der Waals surface area contributed by atoms with Gasteiger partial charge in [-0.25, -0.2) is 0 Å². The Hall–Kier alpha value is -0.610. The summed E-state index contributed by atoms with van der Waals surface area (Å²) in [7, 11) is 1.64. The lowest BCUT2D eigenvalue weighted by atomic mass is 9.80. The molecule has 106 valence electrons. The number of hydrogen-bond acceptors (Lipinski definition) is 3. The smallest absolute Gasteiger partial charge is 0.221 e. The molecule has 4 nitrogen and oxygen atoms in total. The summed E-state index contributed by atoms with van der Waals surface area (Å²) < 4.78 is 4.89. The minimum absolute atomic E-state index is 0.108. The van der Waals surface area contributed by atoms with Crippen LogP contribution in [0.4, 0.5) is 0 Å². The zero-order valence-corrected chi connectivity index (χ0v) is 12.0. The predicted molar refractivity (Wildman–Crippen MR) is 73.5 cm³/mol. The number of hydrogen-bond donors (Lipinski definition) is 2. The van der Waals surface area contributed by atoms with Crippen molar-refractivity contribution in [1.29, 1.82) is 0 Å². The first kappa shape index (κ1) is 15.4. The van der Waals surface area contributed by atoms with Crippen LogP contribution in [0.15, 0.2) is 0 Å². The van der Waals surface area contributed by atoms with Gasteiger partial charge in [-0.2, -0.15) is 0 Å². The maximum Gasteiger partial charge on any atom is 0.221 e. The highest BCUT2D eigenvalue weighted by Crippen LogP contribution is 2.28. The van der Waals surface area contributed by atoms with Gasteiger partial charge in [-0.15, -0.1) is 0 Å². The van der Waals surface area contributed by atoms with E-state index in [1.54, 1.807) is 7.11 Å². The summed E-state index contributed by atoms with van der Waals surface area (Å²) in [5.41, 5.74) is 0. The number of nitrogens with one attached hydrogen (secondary N) is 2. The highest BCUT2D eigenvalue weighted by molar-refractivity contribution is 5.76. The Bertz CT molecular complexity index is 246. The lowest BCUT2D eigenvalue weighted by Crippen LogP contribution is -2.40. The second-order valence-corrected chi connectivity index (χ2v) is 5.55. The van der Waals surface area contributed by atoms with E-state index < -0.39 is 0 Å². The fourth-order valence-corrected chi connectivity index (χ4v) is 2.72. The van der Waals surface area contributed by atoms with E-state index in [0.29, 0.717) is 25.6 Å². The summed E-state index contributed by atoms with van der Waals surface area (Å²) in [6.07, 6.45) is 4.41. The summed E-state index contributed by atoms with van der Waals surface area (Å²) >= 11 is 0. The van der Waals surface area contributed by atoms with Crippen molar-refractivity contribution in [1.82, 2.24) is 10.6 Å². The van der Waals surface area contributed by atoms with Gasteiger partial charge >= 0.3 is 0 Å². The number of carbonyl (C=O) groups excluding carboxylic acids is 1. The summed E-state index contributed by atoms with van der Waals surface area (Å²) in [6, 6.07) is 0.591. The predicted octanol–water partition coefficient (Wildman–Crippen LogP) is 1.55. The SMILES string of the molecule is COCCNC(=O)CCNC1CCC(C)CC1C. The van der Waals surface area contributed by atoms with Gasteiger partial charge < -0.3 is 15.4 Å². The second kappa shape index (κ2) is 8.48. The van der Waals surface area contributed by atoms with E-state index in [4.69, 9.17) is 4.74 Å². The normalized spacial score (nSPS) is 28.1. The molecule has 0 aliphatic heterocycles. The minimum atomic E-state index is 0.108. The second-order valence-electron chi connectivity index (χ2n) is 5.55. The lowest BCUT2D eigenvalue weighted by Gasteiger charge is -2.33. The lowest BCUT2D eigenvalue weighted by molar-refractivity contribution is -0.121. The molecule has 0 saturated heterocycles. The van der Waals surface area contributed by atoms with Crippen molar-refractivity contribution in [2.75, 3.05) is 26.8 Å². The summed E-state index contributed by atoms with van der Waals surface area (Å²) in [5, 5.41) is 6.36. The van der Waals surface area contributed by atoms with Crippen molar-refractivity contribution < 1.29 is 9.53 Å². The summed E-state index contributed by atoms with van der Waals surface area (Å²) in [4.78, 5) is 11.5. The third-order valence-electron chi connectivity index (χ3n) is 3.82. The molecule has 1 fully saturated rings. The molecule has 1 aliphatic carbocycles. The van der Waals surface area contributed by atoms with Gasteiger partial charge in [0.15, 0.2) is 0 Å². The molecule has 0 aromatic heterocycles. The fraction of sp³-hybridized carbons (Fsp3) is 0.929. The zero-order valence-electron chi connectivity index (χ0n) is 12.0. The fourth-order valence-electron chi connectivity index (χ4n) is 2.72. The molecule has 0 aromatic carbocycles. The van der Waals surface area contributed by atoms with Crippen LogP contribution in [0, 0.1) is 11.8 Å². The van der Waals surface area contributed by atoms with Gasteiger partial charge in [0.1, 0.15) is 0 Å². The summed E-state index contributed by atoms with van der Waals surface area (Å²) in [6.45, 7) is 6.60. The van der Waals surface area contributed by atoms with Crippen molar-refractivity contribution in [3.05, 3.63) is 0 Å². The van der Waals surface area contributed by atoms with Gasteiger partial charge in [0.2, 0.25) is 5.91 Å². The molecule has 0 spiro atoms. The quantitative estimate of drug-likeness (QED) is 0.680. The zero-order chi connectivity index (χ0) is 13.4. The minimum Gasteiger partial charge on any atom is -0.383 e. The molecule has 1 rings (SSSR count). The van der Waals surface area contributed by atoms with Crippen LogP contribution in [0.1, 0.15) is 39.5 Å². The molecule has 2 N–H and O–H groups in total. The monoisotopic (exact) mass is 256 g/mol. The number of methoxy groups -OCH3 is 1. The number of carbonyl (C=O) groups is 1. The standard InChI is InChI=1S/C14H28N2O2/c1-11-4-5-13(12(2)10-11)15-7-6-14(17)16-8-9-18-3/h11-13,15H,4-10H2,1-3H3,(H,16,17). The van der Waals surface area contributed by atoms with Crippen molar-refractivity contribution in [3.63, 3.8) is 0 Å². The van der Waals surface area contributed by atoms with Crippen LogP contribution in [0.5, 0.6) is 0 Å². The molecule has 3 atom stereocenters. The van der Waals surface area contributed by atoms with Gasteiger partial charge in [-0.05, 0) is 31.1 Å². The molecule has 3 unspecified atom stereocenters. The van der Waals surface area contributed by atoms with E-state index in [0.717, 1.165) is 18.4 Å². The Morgan fingerprint density at radius 3 is 2.72 bits per heavy atom. The van der Waals surface area contributed by atoms with Gasteiger partial charge in [0.25, 0.3) is 0 Å². The van der Waals surface area contributed by atoms with E-state index in [9.17, 15) is 4.79 Å². The molecular weight excluding hydrogens is 228 g/mol. The van der Waals surface area contributed by atoms with Crippen LogP contribution in [0.25, 0.3) is 0 Å². The molecule has 0 radical (unpaired) electrons. The molecule has 0 bridgehead atoms. The molecule has 1 saturated carbocycles. The highest BCUT2D eigenvalue weighted by atomic mass is 16.5. The Labute approximate surface area is 111 Å². The van der Waals surface area contributed by atoms with Gasteiger partial charge in [-0.1, -0.05) is 13.8 Å². The third-order valence-corrected chi connectivity index (χ3v) is 3.82. The van der Waals surface area contributed by atoms with Crippen LogP contribution in [0.3, 0.4) is 0 Å². The Kier molecular flexibility index (Phi) is 7.28. The van der Waals surface area contributed by atoms with E-state index in [1.807, 2.05) is 0 Å². The average molecular weight is 256 g/mol.